The van der Waals surface area contributed by atoms with Gasteiger partial charge in [0.2, 0.25) is 11.8 Å². The van der Waals surface area contributed by atoms with Gasteiger partial charge in [0.15, 0.2) is 0 Å². The van der Waals surface area contributed by atoms with Crippen LogP contribution >= 0.6 is 0 Å². The van der Waals surface area contributed by atoms with Crippen LogP contribution in [-0.4, -0.2) is 43.4 Å². The van der Waals surface area contributed by atoms with E-state index < -0.39 is 0 Å². The molecule has 26 heavy (non-hydrogen) atoms. The van der Waals surface area contributed by atoms with Gasteiger partial charge in [-0.25, -0.2) is 0 Å². The van der Waals surface area contributed by atoms with E-state index in [-0.39, 0.29) is 24.9 Å². The highest BCUT2D eigenvalue weighted by molar-refractivity contribution is 5.95. The van der Waals surface area contributed by atoms with Gasteiger partial charge < -0.3 is 15.1 Å². The lowest BCUT2D eigenvalue weighted by atomic mass is 10.1. The van der Waals surface area contributed by atoms with E-state index in [0.29, 0.717) is 0 Å². The summed E-state index contributed by atoms with van der Waals surface area (Å²) in [6, 6.07) is 15.6. The first-order valence-corrected chi connectivity index (χ1v) is 8.82. The number of amides is 2. The Morgan fingerprint density at radius 1 is 0.962 bits per heavy atom. The molecular weight excluding hydrogens is 326 g/mol. The largest absolute Gasteiger partial charge is 0.362 e. The molecule has 0 aliphatic heterocycles. The van der Waals surface area contributed by atoms with Crippen LogP contribution in [0.25, 0.3) is 0 Å². The first kappa shape index (κ1) is 19.5. The van der Waals surface area contributed by atoms with Crippen LogP contribution in [0.2, 0.25) is 0 Å². The van der Waals surface area contributed by atoms with Crippen molar-refractivity contribution in [1.29, 1.82) is 0 Å². The van der Waals surface area contributed by atoms with E-state index in [1.807, 2.05) is 74.2 Å². The molecule has 0 spiro atoms. The number of para-hydroxylation sites is 1. The Hall–Kier alpha value is -2.82. The standard InChI is InChI=1S/C21H27N3O2/c1-5-24(18-11-7-6-8-12-18)15-21(26)23(4)14-20(25)22-19-13-9-10-16(2)17(19)3/h6-13H,5,14-15H2,1-4H3,(H,22,25). The number of benzene rings is 2. The summed E-state index contributed by atoms with van der Waals surface area (Å²) in [6.45, 7) is 6.97. The van der Waals surface area contributed by atoms with E-state index in [1.165, 1.54) is 4.90 Å². The minimum Gasteiger partial charge on any atom is -0.362 e. The molecule has 0 heterocycles. The number of nitrogens with zero attached hydrogens (tertiary/aromatic N) is 2. The van der Waals surface area contributed by atoms with E-state index in [1.54, 1.807) is 7.05 Å². The number of hydrogen-bond acceptors (Lipinski definition) is 3. The molecule has 2 amide bonds. The quantitative estimate of drug-likeness (QED) is 0.831. The van der Waals surface area contributed by atoms with Gasteiger partial charge in [0.25, 0.3) is 0 Å². The maximum Gasteiger partial charge on any atom is 0.243 e. The first-order chi connectivity index (χ1) is 12.4. The van der Waals surface area contributed by atoms with Crippen LogP contribution in [0.4, 0.5) is 11.4 Å². The number of anilines is 2. The molecule has 0 radical (unpaired) electrons. The zero-order valence-corrected chi connectivity index (χ0v) is 16.0. The van der Waals surface area contributed by atoms with Crippen LogP contribution in [-0.2, 0) is 9.59 Å². The molecule has 5 heteroatoms. The summed E-state index contributed by atoms with van der Waals surface area (Å²) in [5.41, 5.74) is 3.94. The van der Waals surface area contributed by atoms with Gasteiger partial charge in [-0.1, -0.05) is 30.3 Å². The summed E-state index contributed by atoms with van der Waals surface area (Å²) < 4.78 is 0. The van der Waals surface area contributed by atoms with E-state index in [4.69, 9.17) is 0 Å². The highest BCUT2D eigenvalue weighted by Gasteiger charge is 2.17. The van der Waals surface area contributed by atoms with Crippen molar-refractivity contribution in [2.75, 3.05) is 36.9 Å². The summed E-state index contributed by atoms with van der Waals surface area (Å²) in [4.78, 5) is 28.2. The van der Waals surface area contributed by atoms with Crippen molar-refractivity contribution in [2.24, 2.45) is 0 Å². The number of carbonyl (C=O) groups is 2. The maximum absolute atomic E-state index is 12.5. The predicted octanol–water partition coefficient (Wildman–Crippen LogP) is 3.23. The highest BCUT2D eigenvalue weighted by atomic mass is 16.2. The monoisotopic (exact) mass is 353 g/mol. The van der Waals surface area contributed by atoms with E-state index in [9.17, 15) is 9.59 Å². The van der Waals surface area contributed by atoms with Crippen molar-refractivity contribution in [1.82, 2.24) is 4.90 Å². The number of nitrogens with one attached hydrogen (secondary N) is 1. The predicted molar refractivity (Wildman–Crippen MR) is 107 cm³/mol. The van der Waals surface area contributed by atoms with Gasteiger partial charge in [-0.15, -0.1) is 0 Å². The number of hydrogen-bond donors (Lipinski definition) is 1. The van der Waals surface area contributed by atoms with Crippen molar-refractivity contribution >= 4 is 23.2 Å². The molecule has 0 aromatic heterocycles. The van der Waals surface area contributed by atoms with E-state index in [2.05, 4.69) is 5.32 Å². The molecule has 0 fully saturated rings. The molecule has 0 aliphatic rings. The Kier molecular flexibility index (Phi) is 6.78. The second-order valence-corrected chi connectivity index (χ2v) is 6.40. The molecular formula is C21H27N3O2. The van der Waals surface area contributed by atoms with Crippen molar-refractivity contribution in [3.8, 4) is 0 Å². The van der Waals surface area contributed by atoms with Crippen LogP contribution in [0.1, 0.15) is 18.1 Å². The Morgan fingerprint density at radius 3 is 2.31 bits per heavy atom. The number of aryl methyl sites for hydroxylation is 1. The fraction of sp³-hybridized carbons (Fsp3) is 0.333. The van der Waals surface area contributed by atoms with Crippen LogP contribution in [0, 0.1) is 13.8 Å². The molecule has 2 aromatic rings. The lowest BCUT2D eigenvalue weighted by Crippen LogP contribution is -2.41. The van der Waals surface area contributed by atoms with Crippen LogP contribution < -0.4 is 10.2 Å². The SMILES string of the molecule is CCN(CC(=O)N(C)CC(=O)Nc1cccc(C)c1C)c1ccccc1. The second-order valence-electron chi connectivity index (χ2n) is 6.40. The van der Waals surface area contributed by atoms with Gasteiger partial charge in [0.05, 0.1) is 13.1 Å². The average Bonchev–Trinajstić information content (AvgIpc) is 2.64. The third-order valence-electron chi connectivity index (χ3n) is 4.51. The lowest BCUT2D eigenvalue weighted by Gasteiger charge is -2.25. The first-order valence-electron chi connectivity index (χ1n) is 8.82. The molecule has 2 rings (SSSR count). The number of carbonyl (C=O) groups excluding carboxylic acids is 2. The molecule has 0 atom stereocenters. The molecule has 0 bridgehead atoms. The van der Waals surface area contributed by atoms with Gasteiger partial charge in [0.1, 0.15) is 0 Å². The summed E-state index contributed by atoms with van der Waals surface area (Å²) in [5, 5.41) is 2.89. The summed E-state index contributed by atoms with van der Waals surface area (Å²) >= 11 is 0. The Labute approximate surface area is 155 Å². The third kappa shape index (κ3) is 5.09. The molecule has 0 saturated carbocycles. The van der Waals surface area contributed by atoms with Crippen LogP contribution in [0.3, 0.4) is 0 Å². The molecule has 2 aromatic carbocycles. The highest BCUT2D eigenvalue weighted by Crippen LogP contribution is 2.18. The molecule has 0 unspecified atom stereocenters. The Bertz CT molecular complexity index is 759. The number of likely N-dealkylation sites (N-methyl/N-ethyl adjacent to an activating group) is 2. The average molecular weight is 353 g/mol. The fourth-order valence-electron chi connectivity index (χ4n) is 2.69. The molecule has 0 aliphatic carbocycles. The van der Waals surface area contributed by atoms with Crippen LogP contribution in [0.15, 0.2) is 48.5 Å². The fourth-order valence-corrected chi connectivity index (χ4v) is 2.69. The molecule has 5 nitrogen and oxygen atoms in total. The molecule has 138 valence electrons. The van der Waals surface area contributed by atoms with Gasteiger partial charge in [-0.3, -0.25) is 9.59 Å². The van der Waals surface area contributed by atoms with Crippen molar-refractivity contribution in [3.63, 3.8) is 0 Å². The Morgan fingerprint density at radius 2 is 1.65 bits per heavy atom. The zero-order valence-electron chi connectivity index (χ0n) is 16.0. The maximum atomic E-state index is 12.5. The van der Waals surface area contributed by atoms with Gasteiger partial charge in [-0.2, -0.15) is 0 Å². The molecule has 0 saturated heterocycles. The van der Waals surface area contributed by atoms with Crippen LogP contribution in [0.5, 0.6) is 0 Å². The summed E-state index contributed by atoms with van der Waals surface area (Å²) in [6.07, 6.45) is 0. The van der Waals surface area contributed by atoms with Gasteiger partial charge in [0, 0.05) is 25.0 Å². The normalized spacial score (nSPS) is 10.3. The third-order valence-corrected chi connectivity index (χ3v) is 4.51. The van der Waals surface area contributed by atoms with Gasteiger partial charge >= 0.3 is 0 Å². The number of rotatable bonds is 7. The summed E-state index contributed by atoms with van der Waals surface area (Å²) in [7, 11) is 1.66. The molecule has 1 N–H and O–H groups in total. The smallest absolute Gasteiger partial charge is 0.243 e. The van der Waals surface area contributed by atoms with E-state index >= 15 is 0 Å². The Balaban J connectivity index is 1.93. The van der Waals surface area contributed by atoms with Crippen molar-refractivity contribution < 1.29 is 9.59 Å². The minimum absolute atomic E-state index is 0.0263. The van der Waals surface area contributed by atoms with E-state index in [0.717, 1.165) is 29.0 Å². The zero-order chi connectivity index (χ0) is 19.1. The minimum atomic E-state index is -0.197. The van der Waals surface area contributed by atoms with Crippen molar-refractivity contribution in [3.05, 3.63) is 59.7 Å². The summed E-state index contributed by atoms with van der Waals surface area (Å²) in [5.74, 6) is -0.288. The topological polar surface area (TPSA) is 52.7 Å². The second kappa shape index (κ2) is 9.04. The van der Waals surface area contributed by atoms with Crippen molar-refractivity contribution in [2.45, 2.75) is 20.8 Å². The lowest BCUT2D eigenvalue weighted by molar-refractivity contribution is -0.132. The van der Waals surface area contributed by atoms with Gasteiger partial charge in [-0.05, 0) is 50.1 Å².